The zero-order chi connectivity index (χ0) is 11.0. The highest BCUT2D eigenvalue weighted by atomic mass is 35.5. The van der Waals surface area contributed by atoms with Crippen LogP contribution in [0.2, 0.25) is 0 Å². The van der Waals surface area contributed by atoms with Crippen molar-refractivity contribution in [2.45, 2.75) is 25.9 Å². The lowest BCUT2D eigenvalue weighted by molar-refractivity contribution is -0.142. The van der Waals surface area contributed by atoms with Crippen molar-refractivity contribution in [1.82, 2.24) is 15.1 Å². The Morgan fingerprint density at radius 3 is 2.31 bits per heavy atom. The smallest absolute Gasteiger partial charge is 0.228 e. The van der Waals surface area contributed by atoms with E-state index >= 15 is 0 Å². The van der Waals surface area contributed by atoms with Crippen molar-refractivity contribution < 1.29 is 4.79 Å². The quantitative estimate of drug-likeness (QED) is 0.718. The molecule has 2 aliphatic heterocycles. The molecule has 2 heterocycles. The van der Waals surface area contributed by atoms with E-state index in [9.17, 15) is 4.79 Å². The molecule has 94 valence electrons. The van der Waals surface area contributed by atoms with Crippen molar-refractivity contribution in [3.8, 4) is 0 Å². The summed E-state index contributed by atoms with van der Waals surface area (Å²) in [6, 6.07) is 0.845. The number of rotatable bonds is 1. The van der Waals surface area contributed by atoms with E-state index in [4.69, 9.17) is 0 Å². The van der Waals surface area contributed by atoms with Crippen LogP contribution in [0.3, 0.4) is 0 Å². The molecule has 1 N–H and O–H groups in total. The molecule has 0 bridgehead atoms. The van der Waals surface area contributed by atoms with Gasteiger partial charge >= 0.3 is 0 Å². The van der Waals surface area contributed by atoms with Gasteiger partial charge in [0.1, 0.15) is 0 Å². The fraction of sp³-hybridized carbons (Fsp3) is 0.909. The summed E-state index contributed by atoms with van der Waals surface area (Å²) in [5.74, 6) is 0.587. The summed E-state index contributed by atoms with van der Waals surface area (Å²) >= 11 is 0. The average Bonchev–Trinajstić information content (AvgIpc) is 2.08. The van der Waals surface area contributed by atoms with Gasteiger partial charge in [-0.1, -0.05) is 0 Å². The Balaban J connectivity index is 0.00000128. The van der Waals surface area contributed by atoms with Crippen LogP contribution in [-0.2, 0) is 4.79 Å². The SMILES string of the molecule is CC1CN(C(=O)C2CNC2)C(C)CN1C.Cl. The molecule has 0 saturated carbocycles. The highest BCUT2D eigenvalue weighted by Crippen LogP contribution is 2.17. The predicted octanol–water partition coefficient (Wildman–Crippen LogP) is 0.179. The van der Waals surface area contributed by atoms with Crippen LogP contribution >= 0.6 is 12.4 Å². The van der Waals surface area contributed by atoms with Gasteiger partial charge < -0.3 is 10.2 Å². The van der Waals surface area contributed by atoms with E-state index in [1.165, 1.54) is 0 Å². The fourth-order valence-electron chi connectivity index (χ4n) is 2.30. The van der Waals surface area contributed by atoms with Gasteiger partial charge in [0.2, 0.25) is 5.91 Å². The van der Waals surface area contributed by atoms with Crippen LogP contribution < -0.4 is 5.32 Å². The maximum absolute atomic E-state index is 12.1. The molecule has 4 nitrogen and oxygen atoms in total. The first kappa shape index (κ1) is 13.7. The summed E-state index contributed by atoms with van der Waals surface area (Å²) < 4.78 is 0. The van der Waals surface area contributed by atoms with E-state index in [0.717, 1.165) is 26.2 Å². The topological polar surface area (TPSA) is 35.6 Å². The van der Waals surface area contributed by atoms with Gasteiger partial charge in [-0.15, -0.1) is 12.4 Å². The van der Waals surface area contributed by atoms with Crippen LogP contribution in [0.4, 0.5) is 0 Å². The molecule has 0 aromatic rings. The summed E-state index contributed by atoms with van der Waals surface area (Å²) in [5.41, 5.74) is 0. The number of carbonyl (C=O) groups is 1. The Bertz CT molecular complexity index is 258. The molecule has 5 heteroatoms. The molecule has 0 radical (unpaired) electrons. The van der Waals surface area contributed by atoms with Crippen LogP contribution in [-0.4, -0.2) is 61.0 Å². The molecule has 1 amide bonds. The maximum atomic E-state index is 12.1. The number of hydrogen-bond acceptors (Lipinski definition) is 3. The third-order valence-electron chi connectivity index (χ3n) is 3.71. The number of likely N-dealkylation sites (N-methyl/N-ethyl adjacent to an activating group) is 1. The van der Waals surface area contributed by atoms with Gasteiger partial charge in [0.25, 0.3) is 0 Å². The largest absolute Gasteiger partial charge is 0.337 e. The van der Waals surface area contributed by atoms with E-state index in [1.54, 1.807) is 0 Å². The number of piperazine rings is 1. The number of hydrogen-bond donors (Lipinski definition) is 1. The lowest BCUT2D eigenvalue weighted by Gasteiger charge is -2.44. The molecule has 2 saturated heterocycles. The molecule has 2 aliphatic rings. The Morgan fingerprint density at radius 2 is 1.81 bits per heavy atom. The Kier molecular flexibility index (Phi) is 4.59. The minimum atomic E-state index is 0. The number of nitrogens with one attached hydrogen (secondary N) is 1. The van der Waals surface area contributed by atoms with Gasteiger partial charge in [-0.2, -0.15) is 0 Å². The third kappa shape index (κ3) is 2.50. The lowest BCUT2D eigenvalue weighted by Crippen LogP contribution is -2.61. The molecule has 2 unspecified atom stereocenters. The van der Waals surface area contributed by atoms with Crippen LogP contribution in [0.1, 0.15) is 13.8 Å². The van der Waals surface area contributed by atoms with Gasteiger partial charge in [0.15, 0.2) is 0 Å². The van der Waals surface area contributed by atoms with E-state index in [2.05, 4.69) is 36.0 Å². The highest BCUT2D eigenvalue weighted by Gasteiger charge is 2.35. The van der Waals surface area contributed by atoms with Crippen molar-refractivity contribution >= 4 is 18.3 Å². The highest BCUT2D eigenvalue weighted by molar-refractivity contribution is 5.85. The molecule has 0 spiro atoms. The van der Waals surface area contributed by atoms with Gasteiger partial charge in [0, 0.05) is 38.3 Å². The van der Waals surface area contributed by atoms with Crippen LogP contribution in [0, 0.1) is 5.92 Å². The molecular weight excluding hydrogens is 226 g/mol. The van der Waals surface area contributed by atoms with Crippen molar-refractivity contribution in [1.29, 1.82) is 0 Å². The second-order valence-corrected chi connectivity index (χ2v) is 4.98. The second kappa shape index (κ2) is 5.34. The molecule has 0 aliphatic carbocycles. The first-order chi connectivity index (χ1) is 7.09. The van der Waals surface area contributed by atoms with E-state index in [1.807, 2.05) is 0 Å². The van der Waals surface area contributed by atoms with Crippen LogP contribution in [0.15, 0.2) is 0 Å². The Hall–Kier alpha value is -0.320. The molecule has 2 fully saturated rings. The van der Waals surface area contributed by atoms with Gasteiger partial charge in [-0.05, 0) is 20.9 Å². The summed E-state index contributed by atoms with van der Waals surface area (Å²) in [7, 11) is 2.13. The molecule has 2 atom stereocenters. The van der Waals surface area contributed by atoms with Gasteiger partial charge in [0.05, 0.1) is 5.92 Å². The summed E-state index contributed by atoms with van der Waals surface area (Å²) in [5, 5.41) is 3.16. The number of nitrogens with zero attached hydrogens (tertiary/aromatic N) is 2. The van der Waals surface area contributed by atoms with E-state index < -0.39 is 0 Å². The van der Waals surface area contributed by atoms with E-state index in [-0.39, 0.29) is 18.3 Å². The Morgan fingerprint density at radius 1 is 1.19 bits per heavy atom. The lowest BCUT2D eigenvalue weighted by atomic mass is 9.99. The van der Waals surface area contributed by atoms with Crippen LogP contribution in [0.25, 0.3) is 0 Å². The zero-order valence-electron chi connectivity index (χ0n) is 10.3. The summed E-state index contributed by atoms with van der Waals surface area (Å²) in [6.45, 7) is 7.94. The zero-order valence-corrected chi connectivity index (χ0v) is 11.1. The van der Waals surface area contributed by atoms with Crippen molar-refractivity contribution in [3.63, 3.8) is 0 Å². The average molecular weight is 248 g/mol. The van der Waals surface area contributed by atoms with Crippen molar-refractivity contribution in [3.05, 3.63) is 0 Å². The normalized spacial score (nSPS) is 31.8. The van der Waals surface area contributed by atoms with Crippen molar-refractivity contribution in [2.24, 2.45) is 5.92 Å². The standard InChI is InChI=1S/C11H21N3O.ClH/c1-8-7-14(9(2)6-13(8)3)11(15)10-4-12-5-10;/h8-10,12H,4-7H2,1-3H3;1H. The first-order valence-corrected chi connectivity index (χ1v) is 5.81. The second-order valence-electron chi connectivity index (χ2n) is 4.98. The summed E-state index contributed by atoms with van der Waals surface area (Å²) in [4.78, 5) is 16.5. The molecule has 16 heavy (non-hydrogen) atoms. The molecule has 0 aromatic heterocycles. The molecule has 0 aromatic carbocycles. The minimum Gasteiger partial charge on any atom is -0.337 e. The molecule has 2 rings (SSSR count). The third-order valence-corrected chi connectivity index (χ3v) is 3.71. The van der Waals surface area contributed by atoms with E-state index in [0.29, 0.717) is 18.0 Å². The maximum Gasteiger partial charge on any atom is 0.228 e. The predicted molar refractivity (Wildman–Crippen MR) is 66.9 cm³/mol. The van der Waals surface area contributed by atoms with Crippen LogP contribution in [0.5, 0.6) is 0 Å². The Labute approximate surface area is 104 Å². The number of halogens is 1. The molecular formula is C11H22ClN3O. The fourth-order valence-corrected chi connectivity index (χ4v) is 2.30. The number of amides is 1. The summed E-state index contributed by atoms with van der Waals surface area (Å²) in [6.07, 6.45) is 0. The monoisotopic (exact) mass is 247 g/mol. The number of carbonyl (C=O) groups excluding carboxylic acids is 1. The van der Waals surface area contributed by atoms with Crippen molar-refractivity contribution in [2.75, 3.05) is 33.2 Å². The first-order valence-electron chi connectivity index (χ1n) is 5.81. The van der Waals surface area contributed by atoms with Gasteiger partial charge in [-0.3, -0.25) is 9.69 Å². The minimum absolute atomic E-state index is 0. The van der Waals surface area contributed by atoms with Gasteiger partial charge in [-0.25, -0.2) is 0 Å².